The average Bonchev–Trinajstić information content (AvgIpc) is 2.40. The number of unbranched alkanes of at least 4 members (excludes halogenated alkanes) is 8. The van der Waals surface area contributed by atoms with E-state index < -0.39 is 0 Å². The molecule has 0 aliphatic carbocycles. The average molecular weight is 257 g/mol. The number of hydrogen-bond acceptors (Lipinski definition) is 2. The predicted octanol–water partition coefficient (Wildman–Crippen LogP) is 4.83. The molecule has 0 saturated heterocycles. The molecule has 0 saturated carbocycles. The van der Waals surface area contributed by atoms with E-state index in [1.54, 1.807) is 0 Å². The molecule has 0 aliphatic heterocycles. The first-order chi connectivity index (χ1) is 8.85. The van der Waals surface area contributed by atoms with Crippen LogP contribution in [-0.2, 0) is 4.74 Å². The van der Waals surface area contributed by atoms with Crippen LogP contribution >= 0.6 is 0 Å². The van der Waals surface area contributed by atoms with Gasteiger partial charge in [-0.1, -0.05) is 72.1 Å². The number of hydrogen-bond donors (Lipinski definition) is 0. The molecule has 0 aromatic heterocycles. The van der Waals surface area contributed by atoms with Crippen molar-refractivity contribution in [3.63, 3.8) is 0 Å². The third-order valence-corrected chi connectivity index (χ3v) is 3.56. The van der Waals surface area contributed by atoms with E-state index in [-0.39, 0.29) is 0 Å². The number of ether oxygens (including phenoxy) is 1. The molecule has 0 N–H and O–H groups in total. The Labute approximate surface area is 115 Å². The highest BCUT2D eigenvalue weighted by atomic mass is 16.5. The van der Waals surface area contributed by atoms with Crippen molar-refractivity contribution >= 4 is 0 Å². The molecule has 0 aromatic rings. The van der Waals surface area contributed by atoms with Crippen LogP contribution in [0.5, 0.6) is 0 Å². The van der Waals surface area contributed by atoms with Crippen LogP contribution in [0.25, 0.3) is 0 Å². The third kappa shape index (κ3) is 12.4. The van der Waals surface area contributed by atoms with Crippen LogP contribution in [0.3, 0.4) is 0 Å². The van der Waals surface area contributed by atoms with Crippen LogP contribution in [0.1, 0.15) is 78.6 Å². The standard InChI is InChI=1S/C16H35NO/c1-4-7-8-9-10-11-12-13-14-15-18-16-17(5-2)6-3/h4-16H2,1-3H3. The maximum Gasteiger partial charge on any atom is 0.0990 e. The van der Waals surface area contributed by atoms with Gasteiger partial charge in [-0.3, -0.25) is 4.90 Å². The fourth-order valence-corrected chi connectivity index (χ4v) is 2.11. The van der Waals surface area contributed by atoms with Crippen LogP contribution < -0.4 is 0 Å². The van der Waals surface area contributed by atoms with E-state index in [9.17, 15) is 0 Å². The smallest absolute Gasteiger partial charge is 0.0990 e. The molecule has 0 aliphatic rings. The Morgan fingerprint density at radius 1 is 0.667 bits per heavy atom. The zero-order valence-electron chi connectivity index (χ0n) is 13.0. The molecule has 0 aromatic carbocycles. The van der Waals surface area contributed by atoms with Crippen molar-refractivity contribution in [2.75, 3.05) is 26.4 Å². The van der Waals surface area contributed by atoms with Crippen molar-refractivity contribution in [1.29, 1.82) is 0 Å². The van der Waals surface area contributed by atoms with Gasteiger partial charge in [-0.05, 0) is 19.5 Å². The molecule has 0 spiro atoms. The largest absolute Gasteiger partial charge is 0.366 e. The molecular formula is C16H35NO. The van der Waals surface area contributed by atoms with E-state index in [0.29, 0.717) is 0 Å². The van der Waals surface area contributed by atoms with Gasteiger partial charge < -0.3 is 4.74 Å². The summed E-state index contributed by atoms with van der Waals surface area (Å²) in [4.78, 5) is 2.31. The number of rotatable bonds is 14. The maximum absolute atomic E-state index is 5.66. The first-order valence-corrected chi connectivity index (χ1v) is 8.15. The monoisotopic (exact) mass is 257 g/mol. The minimum absolute atomic E-state index is 0.810. The Morgan fingerprint density at radius 2 is 1.17 bits per heavy atom. The number of nitrogens with zero attached hydrogens (tertiary/aromatic N) is 1. The highest BCUT2D eigenvalue weighted by Gasteiger charge is 1.97. The predicted molar refractivity (Wildman–Crippen MR) is 81.0 cm³/mol. The van der Waals surface area contributed by atoms with Gasteiger partial charge in [0.25, 0.3) is 0 Å². The quantitative estimate of drug-likeness (QED) is 0.326. The zero-order valence-corrected chi connectivity index (χ0v) is 13.0. The summed E-state index contributed by atoms with van der Waals surface area (Å²) in [5.74, 6) is 0. The lowest BCUT2D eigenvalue weighted by molar-refractivity contribution is 0.0323. The Kier molecular flexibility index (Phi) is 14.9. The zero-order chi connectivity index (χ0) is 13.5. The maximum atomic E-state index is 5.66. The molecule has 18 heavy (non-hydrogen) atoms. The van der Waals surface area contributed by atoms with Gasteiger partial charge in [-0.25, -0.2) is 0 Å². The normalized spacial score (nSPS) is 11.3. The van der Waals surface area contributed by atoms with Gasteiger partial charge >= 0.3 is 0 Å². The first-order valence-electron chi connectivity index (χ1n) is 8.15. The minimum atomic E-state index is 0.810. The summed E-state index contributed by atoms with van der Waals surface area (Å²) < 4.78 is 5.66. The topological polar surface area (TPSA) is 12.5 Å². The molecule has 2 heteroatoms. The lowest BCUT2D eigenvalue weighted by atomic mass is 10.1. The van der Waals surface area contributed by atoms with E-state index in [1.165, 1.54) is 57.8 Å². The third-order valence-electron chi connectivity index (χ3n) is 3.56. The molecule has 0 fully saturated rings. The molecule has 110 valence electrons. The van der Waals surface area contributed by atoms with E-state index >= 15 is 0 Å². The van der Waals surface area contributed by atoms with Crippen molar-refractivity contribution < 1.29 is 4.74 Å². The molecule has 0 amide bonds. The molecule has 0 heterocycles. The Hall–Kier alpha value is -0.0800. The van der Waals surface area contributed by atoms with Gasteiger partial charge in [0.05, 0.1) is 6.73 Å². The summed E-state index contributed by atoms with van der Waals surface area (Å²) in [5.41, 5.74) is 0. The van der Waals surface area contributed by atoms with Gasteiger partial charge in [-0.2, -0.15) is 0 Å². The van der Waals surface area contributed by atoms with Crippen molar-refractivity contribution in [2.24, 2.45) is 0 Å². The van der Waals surface area contributed by atoms with Crippen molar-refractivity contribution in [2.45, 2.75) is 78.6 Å². The molecular weight excluding hydrogens is 222 g/mol. The summed E-state index contributed by atoms with van der Waals surface area (Å²) in [7, 11) is 0. The summed E-state index contributed by atoms with van der Waals surface area (Å²) >= 11 is 0. The van der Waals surface area contributed by atoms with Gasteiger partial charge in [0.1, 0.15) is 0 Å². The summed E-state index contributed by atoms with van der Waals surface area (Å²) in [5, 5.41) is 0. The Bertz CT molecular complexity index is 146. The van der Waals surface area contributed by atoms with E-state index in [0.717, 1.165) is 26.4 Å². The Morgan fingerprint density at radius 3 is 1.67 bits per heavy atom. The molecule has 0 bridgehead atoms. The van der Waals surface area contributed by atoms with Crippen molar-refractivity contribution in [3.05, 3.63) is 0 Å². The summed E-state index contributed by atoms with van der Waals surface area (Å²) in [6.45, 7) is 10.6. The van der Waals surface area contributed by atoms with Crippen LogP contribution in [0, 0.1) is 0 Å². The van der Waals surface area contributed by atoms with Crippen LogP contribution in [0.15, 0.2) is 0 Å². The van der Waals surface area contributed by atoms with Gasteiger partial charge in [0, 0.05) is 6.61 Å². The second kappa shape index (κ2) is 15.0. The molecule has 2 nitrogen and oxygen atoms in total. The fraction of sp³-hybridized carbons (Fsp3) is 1.00. The van der Waals surface area contributed by atoms with Crippen LogP contribution in [-0.4, -0.2) is 31.3 Å². The lowest BCUT2D eigenvalue weighted by Crippen LogP contribution is -2.26. The second-order valence-corrected chi connectivity index (χ2v) is 5.17. The van der Waals surface area contributed by atoms with E-state index in [1.807, 2.05) is 0 Å². The SMILES string of the molecule is CCCCCCCCCCCOCN(CC)CC. The first kappa shape index (κ1) is 17.9. The molecule has 0 rings (SSSR count). The lowest BCUT2D eigenvalue weighted by Gasteiger charge is -2.17. The summed E-state index contributed by atoms with van der Waals surface area (Å²) in [6.07, 6.45) is 12.4. The van der Waals surface area contributed by atoms with Crippen LogP contribution in [0.2, 0.25) is 0 Å². The second-order valence-electron chi connectivity index (χ2n) is 5.17. The molecule has 0 unspecified atom stereocenters. The van der Waals surface area contributed by atoms with Gasteiger partial charge in [-0.15, -0.1) is 0 Å². The molecule has 0 radical (unpaired) electrons. The minimum Gasteiger partial charge on any atom is -0.366 e. The van der Waals surface area contributed by atoms with Crippen molar-refractivity contribution in [1.82, 2.24) is 4.90 Å². The highest BCUT2D eigenvalue weighted by molar-refractivity contribution is 4.47. The van der Waals surface area contributed by atoms with Gasteiger partial charge in [0.15, 0.2) is 0 Å². The molecule has 0 atom stereocenters. The fourth-order valence-electron chi connectivity index (χ4n) is 2.11. The van der Waals surface area contributed by atoms with Crippen molar-refractivity contribution in [3.8, 4) is 0 Å². The van der Waals surface area contributed by atoms with Gasteiger partial charge in [0.2, 0.25) is 0 Å². The van der Waals surface area contributed by atoms with E-state index in [2.05, 4.69) is 25.7 Å². The summed E-state index contributed by atoms with van der Waals surface area (Å²) in [6, 6.07) is 0. The van der Waals surface area contributed by atoms with Crippen LogP contribution in [0.4, 0.5) is 0 Å². The van der Waals surface area contributed by atoms with E-state index in [4.69, 9.17) is 4.74 Å². The highest BCUT2D eigenvalue weighted by Crippen LogP contribution is 2.09. The Balaban J connectivity index is 3.03.